The summed E-state index contributed by atoms with van der Waals surface area (Å²) in [4.78, 5) is 36.1. The molecule has 1 aliphatic rings. The highest BCUT2D eigenvalue weighted by Crippen LogP contribution is 2.38. The summed E-state index contributed by atoms with van der Waals surface area (Å²) in [5.74, 6) is -7.96. The fourth-order valence-corrected chi connectivity index (χ4v) is 2.64. The van der Waals surface area contributed by atoms with Gasteiger partial charge in [0, 0.05) is 17.2 Å². The van der Waals surface area contributed by atoms with Crippen molar-refractivity contribution in [2.75, 3.05) is 0 Å². The first-order valence-electron chi connectivity index (χ1n) is 7.84. The number of benzene rings is 2. The van der Waals surface area contributed by atoms with Crippen molar-refractivity contribution in [1.82, 2.24) is 0 Å². The van der Waals surface area contributed by atoms with Gasteiger partial charge >= 0.3 is 5.97 Å². The molecule has 0 aliphatic carbocycles. The van der Waals surface area contributed by atoms with Gasteiger partial charge in [-0.1, -0.05) is 60.7 Å². The Kier molecular flexibility index (Phi) is 4.62. The Morgan fingerprint density at radius 3 is 2.00 bits per heavy atom. The van der Waals surface area contributed by atoms with Gasteiger partial charge in [-0.2, -0.15) is 0 Å². The number of carbonyl (C=O) groups is 3. The fraction of sp³-hybridized carbons (Fsp3) is 0.0500. The van der Waals surface area contributed by atoms with E-state index in [2.05, 4.69) is 0 Å². The largest absolute Gasteiger partial charge is 0.504 e. The minimum absolute atomic E-state index is 0.0288. The molecule has 27 heavy (non-hydrogen) atoms. The predicted molar refractivity (Wildman–Crippen MR) is 92.6 cm³/mol. The van der Waals surface area contributed by atoms with Crippen molar-refractivity contribution in [1.29, 1.82) is 0 Å². The number of Topliss-reactive ketones (excluding diaryl/α,β-unsaturated/α-hetero) is 2. The second kappa shape index (κ2) is 6.89. The first-order chi connectivity index (χ1) is 12.8. The molecular weight excluding hydrogens is 352 g/mol. The molecule has 2 aromatic rings. The molecule has 1 unspecified atom stereocenters. The number of rotatable bonds is 5. The van der Waals surface area contributed by atoms with Crippen molar-refractivity contribution in [2.45, 2.75) is 5.79 Å². The van der Waals surface area contributed by atoms with Crippen LogP contribution in [0.2, 0.25) is 0 Å². The van der Waals surface area contributed by atoms with Crippen LogP contribution in [0.15, 0.2) is 83.8 Å². The maximum Gasteiger partial charge on any atom is 0.377 e. The molecule has 0 spiro atoms. The van der Waals surface area contributed by atoms with E-state index in [1.165, 1.54) is 36.4 Å². The van der Waals surface area contributed by atoms with Gasteiger partial charge < -0.3 is 20.1 Å². The van der Waals surface area contributed by atoms with Gasteiger partial charge in [0.15, 0.2) is 11.5 Å². The van der Waals surface area contributed by atoms with Crippen LogP contribution in [0.3, 0.4) is 0 Å². The quantitative estimate of drug-likeness (QED) is 0.244. The van der Waals surface area contributed by atoms with Crippen LogP contribution in [0, 0.1) is 0 Å². The SMILES string of the molecule is O=C(O)C(=O)C(C(=O)c1ccccc1)=C1OC(O)(c2ccccc2)C=C1O. The normalized spacial score (nSPS) is 20.4. The standard InChI is InChI=1S/C20H14O7/c21-14-11-20(26,13-9-5-2-6-10-13)27-18(14)15(17(23)19(24)25)16(22)12-7-3-1-4-8-12/h1-11,21,26H,(H,24,25). The lowest BCUT2D eigenvalue weighted by molar-refractivity contribution is -0.148. The van der Waals surface area contributed by atoms with Gasteiger partial charge in [-0.25, -0.2) is 4.79 Å². The topological polar surface area (TPSA) is 121 Å². The Balaban J connectivity index is 2.13. The average Bonchev–Trinajstić information content (AvgIpc) is 2.98. The van der Waals surface area contributed by atoms with Crippen LogP contribution in [0.25, 0.3) is 0 Å². The number of carboxylic acid groups (broad SMARTS) is 1. The van der Waals surface area contributed by atoms with Gasteiger partial charge in [0.05, 0.1) is 0 Å². The summed E-state index contributed by atoms with van der Waals surface area (Å²) in [5, 5.41) is 30.0. The van der Waals surface area contributed by atoms with Crippen molar-refractivity contribution in [3.63, 3.8) is 0 Å². The molecule has 136 valence electrons. The Hall–Kier alpha value is -3.71. The summed E-state index contributed by atoms with van der Waals surface area (Å²) in [6.45, 7) is 0. The third-order valence-electron chi connectivity index (χ3n) is 3.92. The maximum absolute atomic E-state index is 12.7. The molecule has 7 heteroatoms. The van der Waals surface area contributed by atoms with E-state index >= 15 is 0 Å². The van der Waals surface area contributed by atoms with E-state index in [9.17, 15) is 24.6 Å². The van der Waals surface area contributed by atoms with Gasteiger partial charge in [-0.15, -0.1) is 0 Å². The smallest absolute Gasteiger partial charge is 0.377 e. The molecule has 0 radical (unpaired) electrons. The Morgan fingerprint density at radius 2 is 1.44 bits per heavy atom. The third kappa shape index (κ3) is 3.36. The number of hydrogen-bond donors (Lipinski definition) is 3. The molecule has 2 aromatic carbocycles. The van der Waals surface area contributed by atoms with Crippen LogP contribution in [-0.2, 0) is 20.1 Å². The molecule has 0 fully saturated rings. The summed E-state index contributed by atoms with van der Waals surface area (Å²) in [7, 11) is 0. The van der Waals surface area contributed by atoms with Crippen LogP contribution in [0.4, 0.5) is 0 Å². The number of aliphatic hydroxyl groups excluding tert-OH is 1. The van der Waals surface area contributed by atoms with Crippen LogP contribution in [0.5, 0.6) is 0 Å². The van der Waals surface area contributed by atoms with Crippen molar-refractivity contribution in [2.24, 2.45) is 0 Å². The van der Waals surface area contributed by atoms with Crippen LogP contribution in [-0.4, -0.2) is 32.9 Å². The van der Waals surface area contributed by atoms with Crippen LogP contribution >= 0.6 is 0 Å². The van der Waals surface area contributed by atoms with E-state index < -0.39 is 40.4 Å². The summed E-state index contributed by atoms with van der Waals surface area (Å²) in [6, 6.07) is 15.4. The first kappa shape index (κ1) is 18.1. The zero-order chi connectivity index (χ0) is 19.6. The Morgan fingerprint density at radius 1 is 0.889 bits per heavy atom. The molecule has 7 nitrogen and oxygen atoms in total. The highest BCUT2D eigenvalue weighted by Gasteiger charge is 2.43. The number of aliphatic hydroxyl groups is 2. The van der Waals surface area contributed by atoms with Crippen molar-refractivity contribution >= 4 is 17.5 Å². The van der Waals surface area contributed by atoms with E-state index in [0.717, 1.165) is 6.08 Å². The minimum Gasteiger partial charge on any atom is -0.504 e. The van der Waals surface area contributed by atoms with Gasteiger partial charge in [-0.3, -0.25) is 9.59 Å². The lowest BCUT2D eigenvalue weighted by atomic mass is 9.98. The average molecular weight is 366 g/mol. The van der Waals surface area contributed by atoms with Crippen LogP contribution < -0.4 is 0 Å². The number of aliphatic carboxylic acids is 1. The number of ether oxygens (including phenoxy) is 1. The van der Waals surface area contributed by atoms with Gasteiger partial charge in [0.25, 0.3) is 11.6 Å². The molecule has 1 heterocycles. The van der Waals surface area contributed by atoms with E-state index in [1.807, 2.05) is 0 Å². The lowest BCUT2D eigenvalue weighted by Crippen LogP contribution is -2.26. The molecule has 3 N–H and O–H groups in total. The maximum atomic E-state index is 12.7. The summed E-state index contributed by atoms with van der Waals surface area (Å²) >= 11 is 0. The molecule has 1 aliphatic heterocycles. The highest BCUT2D eigenvalue weighted by molar-refractivity contribution is 6.48. The number of carbonyl (C=O) groups excluding carboxylic acids is 2. The zero-order valence-electron chi connectivity index (χ0n) is 13.8. The van der Waals surface area contributed by atoms with Crippen molar-refractivity contribution in [3.05, 3.63) is 95.0 Å². The first-order valence-corrected chi connectivity index (χ1v) is 7.84. The van der Waals surface area contributed by atoms with Gasteiger partial charge in [0.1, 0.15) is 5.57 Å². The van der Waals surface area contributed by atoms with Crippen molar-refractivity contribution < 1.29 is 34.4 Å². The second-order valence-electron chi connectivity index (χ2n) is 5.73. The highest BCUT2D eigenvalue weighted by atomic mass is 16.6. The van der Waals surface area contributed by atoms with Crippen molar-refractivity contribution in [3.8, 4) is 0 Å². The molecule has 0 saturated carbocycles. The Labute approximate surface area is 153 Å². The molecule has 0 aromatic heterocycles. The third-order valence-corrected chi connectivity index (χ3v) is 3.92. The molecular formula is C20H14O7. The number of ketones is 2. The zero-order valence-corrected chi connectivity index (χ0v) is 13.8. The van der Waals surface area contributed by atoms with Gasteiger partial charge in [0.2, 0.25) is 5.78 Å². The second-order valence-corrected chi connectivity index (χ2v) is 5.73. The monoisotopic (exact) mass is 366 g/mol. The summed E-state index contributed by atoms with van der Waals surface area (Å²) < 4.78 is 5.31. The molecule has 1 atom stereocenters. The van der Waals surface area contributed by atoms with E-state index in [0.29, 0.717) is 0 Å². The molecule has 0 saturated heterocycles. The molecule has 3 rings (SSSR count). The lowest BCUT2D eigenvalue weighted by Gasteiger charge is -2.21. The Bertz CT molecular complexity index is 974. The predicted octanol–water partition coefficient (Wildman–Crippen LogP) is 2.09. The fourth-order valence-electron chi connectivity index (χ4n) is 2.64. The molecule has 0 amide bonds. The number of hydrogen-bond acceptors (Lipinski definition) is 6. The summed E-state index contributed by atoms with van der Waals surface area (Å²) in [6.07, 6.45) is 0.894. The van der Waals surface area contributed by atoms with Gasteiger partial charge in [-0.05, 0) is 0 Å². The number of carboxylic acids is 1. The summed E-state index contributed by atoms with van der Waals surface area (Å²) in [5.41, 5.74) is -0.628. The minimum atomic E-state index is -2.15. The van der Waals surface area contributed by atoms with E-state index in [4.69, 9.17) is 9.84 Å². The van der Waals surface area contributed by atoms with E-state index in [-0.39, 0.29) is 11.1 Å². The molecule has 0 bridgehead atoms. The van der Waals surface area contributed by atoms with Crippen LogP contribution in [0.1, 0.15) is 15.9 Å². The van der Waals surface area contributed by atoms with E-state index in [1.54, 1.807) is 24.3 Å².